The topological polar surface area (TPSA) is 119 Å². The van der Waals surface area contributed by atoms with Crippen LogP contribution in [0.4, 0.5) is 5.69 Å². The van der Waals surface area contributed by atoms with Gasteiger partial charge in [0.15, 0.2) is 0 Å². The van der Waals surface area contributed by atoms with Crippen molar-refractivity contribution in [1.29, 1.82) is 0 Å². The number of amides is 1. The third kappa shape index (κ3) is 7.76. The molecular weight excluding hydrogens is 664 g/mol. The first-order chi connectivity index (χ1) is 24.3. The molecule has 0 radical (unpaired) electrons. The first-order valence-corrected chi connectivity index (χ1v) is 19.8. The van der Waals surface area contributed by atoms with Crippen molar-refractivity contribution in [3.8, 4) is 0 Å². The molecule has 4 aliphatic carbocycles. The van der Waals surface area contributed by atoms with Crippen molar-refractivity contribution >= 4 is 46.0 Å². The Morgan fingerprint density at radius 1 is 0.961 bits per heavy atom. The van der Waals surface area contributed by atoms with Crippen LogP contribution in [-0.4, -0.2) is 60.7 Å². The number of fused-ring (bicyclic) bond motifs is 6. The van der Waals surface area contributed by atoms with E-state index < -0.39 is 0 Å². The maximum atomic E-state index is 12.7. The molecule has 0 saturated heterocycles. The number of carbonyl (C=O) groups is 3. The SMILES string of the molecule is CC(=O)N[C@@H]1CC[C@@]2(C)[C@@H](C1)C[C@@H](OC(C)=O)[C@@H]1[C@@H]2C[C@H](OC(C)=O)[C@]2(C)[C@@H]([C@H](C)CCCNCCNc3ccnc4cc(Cl)ccc34)CC[C@@H]12. The van der Waals surface area contributed by atoms with Gasteiger partial charge in [0, 0.05) is 73.5 Å². The summed E-state index contributed by atoms with van der Waals surface area (Å²) < 4.78 is 12.6. The smallest absolute Gasteiger partial charge is 0.302 e. The van der Waals surface area contributed by atoms with Crippen molar-refractivity contribution in [3.63, 3.8) is 0 Å². The molecule has 11 atom stereocenters. The van der Waals surface area contributed by atoms with Gasteiger partial charge in [0.25, 0.3) is 0 Å². The molecule has 1 amide bonds. The van der Waals surface area contributed by atoms with Gasteiger partial charge in [-0.05, 0) is 124 Å². The van der Waals surface area contributed by atoms with Crippen LogP contribution in [0.15, 0.2) is 30.5 Å². The molecule has 1 aromatic carbocycles. The Morgan fingerprint density at radius 2 is 1.75 bits per heavy atom. The fourth-order valence-electron chi connectivity index (χ4n) is 11.7. The van der Waals surface area contributed by atoms with Crippen LogP contribution in [0.3, 0.4) is 0 Å². The Balaban J connectivity index is 1.10. The number of nitrogens with zero attached hydrogens (tertiary/aromatic N) is 1. The zero-order valence-electron chi connectivity index (χ0n) is 31.4. The van der Waals surface area contributed by atoms with Crippen LogP contribution in [0, 0.1) is 46.3 Å². The lowest BCUT2D eigenvalue weighted by Crippen LogP contribution is -2.64. The van der Waals surface area contributed by atoms with Crippen molar-refractivity contribution in [2.75, 3.05) is 25.0 Å². The summed E-state index contributed by atoms with van der Waals surface area (Å²) in [6, 6.07) is 7.95. The molecule has 1 heterocycles. The number of esters is 2. The summed E-state index contributed by atoms with van der Waals surface area (Å²) in [6.07, 6.45) is 10.3. The Kier molecular flexibility index (Phi) is 11.6. The second-order valence-electron chi connectivity index (χ2n) is 16.7. The average molecular weight is 723 g/mol. The van der Waals surface area contributed by atoms with E-state index in [4.69, 9.17) is 21.1 Å². The highest BCUT2D eigenvalue weighted by Crippen LogP contribution is 2.69. The van der Waals surface area contributed by atoms with Gasteiger partial charge >= 0.3 is 11.9 Å². The van der Waals surface area contributed by atoms with Gasteiger partial charge < -0.3 is 25.4 Å². The minimum Gasteiger partial charge on any atom is -0.462 e. The van der Waals surface area contributed by atoms with Gasteiger partial charge in [-0.15, -0.1) is 0 Å². The van der Waals surface area contributed by atoms with E-state index in [1.54, 1.807) is 13.8 Å². The summed E-state index contributed by atoms with van der Waals surface area (Å²) in [5.74, 6) is 1.65. The lowest BCUT2D eigenvalue weighted by molar-refractivity contribution is -0.220. The van der Waals surface area contributed by atoms with Crippen LogP contribution >= 0.6 is 11.6 Å². The summed E-state index contributed by atoms with van der Waals surface area (Å²) in [4.78, 5) is 41.7. The van der Waals surface area contributed by atoms with Crippen LogP contribution in [-0.2, 0) is 23.9 Å². The quantitative estimate of drug-likeness (QED) is 0.152. The monoisotopic (exact) mass is 722 g/mol. The van der Waals surface area contributed by atoms with E-state index in [0.717, 1.165) is 94.0 Å². The van der Waals surface area contributed by atoms with Gasteiger partial charge in [-0.3, -0.25) is 19.4 Å². The highest BCUT2D eigenvalue weighted by atomic mass is 35.5. The average Bonchev–Trinajstić information content (AvgIpc) is 3.42. The number of hydrogen-bond donors (Lipinski definition) is 3. The molecule has 0 unspecified atom stereocenters. The molecule has 3 N–H and O–H groups in total. The molecule has 0 spiro atoms. The number of hydrogen-bond acceptors (Lipinski definition) is 8. The van der Waals surface area contributed by atoms with Gasteiger partial charge in [0.05, 0.1) is 5.52 Å². The van der Waals surface area contributed by atoms with Crippen molar-refractivity contribution in [2.24, 2.45) is 46.3 Å². The number of halogens is 1. The Morgan fingerprint density at radius 3 is 2.49 bits per heavy atom. The second kappa shape index (κ2) is 15.6. The van der Waals surface area contributed by atoms with Crippen molar-refractivity contribution < 1.29 is 23.9 Å². The van der Waals surface area contributed by atoms with Gasteiger partial charge in [-0.1, -0.05) is 32.4 Å². The maximum Gasteiger partial charge on any atom is 0.302 e. The lowest BCUT2D eigenvalue weighted by Gasteiger charge is -2.64. The fourth-order valence-corrected chi connectivity index (χ4v) is 11.8. The molecule has 1 aromatic heterocycles. The molecule has 0 bridgehead atoms. The molecule has 10 heteroatoms. The molecule has 4 saturated carbocycles. The summed E-state index contributed by atoms with van der Waals surface area (Å²) in [5.41, 5.74) is 1.80. The van der Waals surface area contributed by atoms with Crippen LogP contribution < -0.4 is 16.0 Å². The number of anilines is 1. The Bertz CT molecular complexity index is 1590. The first kappa shape index (κ1) is 37.8. The van der Waals surface area contributed by atoms with E-state index in [2.05, 4.69) is 41.7 Å². The second-order valence-corrected chi connectivity index (χ2v) is 17.2. The maximum absolute atomic E-state index is 12.7. The van der Waals surface area contributed by atoms with Crippen LogP contribution in [0.1, 0.15) is 99.3 Å². The van der Waals surface area contributed by atoms with E-state index >= 15 is 0 Å². The van der Waals surface area contributed by atoms with E-state index in [1.807, 2.05) is 30.5 Å². The Hall–Kier alpha value is -2.91. The normalized spacial score (nSPS) is 34.8. The molecule has 9 nitrogen and oxygen atoms in total. The van der Waals surface area contributed by atoms with Gasteiger partial charge in [0.1, 0.15) is 12.2 Å². The van der Waals surface area contributed by atoms with Crippen molar-refractivity contribution in [1.82, 2.24) is 15.6 Å². The number of ether oxygens (including phenoxy) is 2. The molecular formula is C41H59ClN4O5. The molecule has 51 heavy (non-hydrogen) atoms. The third-order valence-electron chi connectivity index (χ3n) is 13.9. The first-order valence-electron chi connectivity index (χ1n) is 19.4. The van der Waals surface area contributed by atoms with Crippen LogP contribution in [0.2, 0.25) is 5.02 Å². The predicted octanol–water partition coefficient (Wildman–Crippen LogP) is 7.55. The molecule has 6 rings (SSSR count). The van der Waals surface area contributed by atoms with Crippen LogP contribution in [0.5, 0.6) is 0 Å². The van der Waals surface area contributed by atoms with E-state index in [1.165, 1.54) is 6.92 Å². The van der Waals surface area contributed by atoms with Gasteiger partial charge in [-0.2, -0.15) is 0 Å². The van der Waals surface area contributed by atoms with E-state index in [0.29, 0.717) is 28.7 Å². The molecule has 280 valence electrons. The third-order valence-corrected chi connectivity index (χ3v) is 14.1. The lowest BCUT2D eigenvalue weighted by atomic mass is 9.43. The highest BCUT2D eigenvalue weighted by molar-refractivity contribution is 6.31. The van der Waals surface area contributed by atoms with Crippen LogP contribution in [0.25, 0.3) is 10.9 Å². The zero-order valence-corrected chi connectivity index (χ0v) is 32.2. The number of pyridine rings is 1. The standard InChI is InChI=1S/C41H59ClN4O5/c1-24(8-7-16-43-18-19-45-35-14-17-44-36-22-29(42)9-10-31(35)36)32-11-12-33-39-34(23-38(41(32,33)6)51-27(4)49)40(5)15-13-30(46-25(2)47)20-28(40)21-37(39)50-26(3)48/h9-10,14,17,22,24,28,30,32-34,37-39,43H,7-8,11-13,15-16,18-21,23H2,1-6H3,(H,44,45)(H,46,47)/t24-,28+,30-,32-,33+,34+,37-,38+,39+,40+,41-/m1/s1. The van der Waals surface area contributed by atoms with E-state index in [9.17, 15) is 14.4 Å². The minimum absolute atomic E-state index is 0.0114. The zero-order chi connectivity index (χ0) is 36.5. The Labute approximate surface area is 309 Å². The van der Waals surface area contributed by atoms with E-state index in [-0.39, 0.29) is 58.8 Å². The molecule has 4 fully saturated rings. The number of carbonyl (C=O) groups excluding carboxylic acids is 3. The largest absolute Gasteiger partial charge is 0.462 e. The molecule has 2 aromatic rings. The summed E-state index contributed by atoms with van der Waals surface area (Å²) in [5, 5.41) is 12.1. The molecule has 4 aliphatic rings. The number of benzene rings is 1. The van der Waals surface area contributed by atoms with Gasteiger partial charge in [0.2, 0.25) is 5.91 Å². The van der Waals surface area contributed by atoms with Crippen molar-refractivity contribution in [3.05, 3.63) is 35.5 Å². The summed E-state index contributed by atoms with van der Waals surface area (Å²) in [7, 11) is 0. The minimum atomic E-state index is -0.218. The number of aromatic nitrogens is 1. The highest BCUT2D eigenvalue weighted by Gasteiger charge is 2.67. The summed E-state index contributed by atoms with van der Waals surface area (Å²) >= 11 is 6.15. The molecule has 0 aliphatic heterocycles. The number of rotatable bonds is 12. The van der Waals surface area contributed by atoms with Gasteiger partial charge in [-0.25, -0.2) is 0 Å². The predicted molar refractivity (Wildman–Crippen MR) is 201 cm³/mol. The fraction of sp³-hybridized carbons (Fsp3) is 0.707. The van der Waals surface area contributed by atoms with Crippen molar-refractivity contribution in [2.45, 2.75) is 118 Å². The summed E-state index contributed by atoms with van der Waals surface area (Å²) in [6.45, 7) is 14.5. The number of nitrogens with one attached hydrogen (secondary N) is 3.